The number of rotatable bonds is 7. The fraction of sp³-hybridized carbons (Fsp3) is 0.385. The van der Waals surface area contributed by atoms with Gasteiger partial charge in [-0.3, -0.25) is 9.59 Å². The van der Waals surface area contributed by atoms with Crippen molar-refractivity contribution in [2.24, 2.45) is 0 Å². The first kappa shape index (κ1) is 25.0. The van der Waals surface area contributed by atoms with E-state index in [-0.39, 0.29) is 24.1 Å². The molecule has 2 aromatic rings. The number of piperazine rings is 1. The van der Waals surface area contributed by atoms with E-state index in [1.54, 1.807) is 61.5 Å². The Morgan fingerprint density at radius 2 is 1.53 bits per heavy atom. The lowest BCUT2D eigenvalue weighted by molar-refractivity contribution is -0.155. The molecule has 1 fully saturated rings. The molecule has 0 saturated carbocycles. The molecule has 0 bridgehead atoms. The van der Waals surface area contributed by atoms with Gasteiger partial charge in [-0.25, -0.2) is 0 Å². The summed E-state index contributed by atoms with van der Waals surface area (Å²) in [5.74, 6) is 1.83. The third kappa shape index (κ3) is 4.27. The highest BCUT2D eigenvalue weighted by molar-refractivity contribution is 6.08. The molecule has 0 spiro atoms. The zero-order chi connectivity index (χ0) is 25.2. The van der Waals surface area contributed by atoms with Crippen molar-refractivity contribution in [1.29, 1.82) is 0 Å². The van der Waals surface area contributed by atoms with Crippen LogP contribution in [0, 0.1) is 6.92 Å². The summed E-state index contributed by atoms with van der Waals surface area (Å²) in [6.07, 6.45) is 1.67. The van der Waals surface area contributed by atoms with E-state index in [0.29, 0.717) is 28.6 Å². The molecule has 2 aromatic carbocycles. The van der Waals surface area contributed by atoms with Crippen LogP contribution in [0.3, 0.4) is 0 Å². The van der Waals surface area contributed by atoms with Crippen molar-refractivity contribution in [2.75, 3.05) is 35.5 Å². The topological polar surface area (TPSA) is 77.5 Å². The van der Waals surface area contributed by atoms with Gasteiger partial charge in [0.15, 0.2) is 11.5 Å². The van der Waals surface area contributed by atoms with Crippen molar-refractivity contribution < 1.29 is 28.5 Å². The van der Waals surface area contributed by atoms with E-state index in [0.717, 1.165) is 11.1 Å². The van der Waals surface area contributed by atoms with Crippen LogP contribution in [-0.2, 0) is 16.1 Å². The molecule has 1 aliphatic rings. The molecule has 0 aromatic heterocycles. The molecule has 1 saturated heterocycles. The number of likely N-dealkylation sites (N-methyl/N-ethyl adjacent to an activating group) is 1. The SMILES string of the molecule is COc1ccc(CN2C(=O)C(C)(C)N(C)C(=O)/C2=C/c2cc(OC)c(OC)c(C)c2OC)cc1. The van der Waals surface area contributed by atoms with Crippen molar-refractivity contribution in [3.63, 3.8) is 0 Å². The predicted molar refractivity (Wildman–Crippen MR) is 129 cm³/mol. The predicted octanol–water partition coefficient (Wildman–Crippen LogP) is 3.65. The van der Waals surface area contributed by atoms with Crippen molar-refractivity contribution in [3.05, 3.63) is 52.7 Å². The molecule has 1 aliphatic heterocycles. The smallest absolute Gasteiger partial charge is 0.271 e. The van der Waals surface area contributed by atoms with E-state index in [9.17, 15) is 9.59 Å². The molecule has 1 heterocycles. The maximum atomic E-state index is 13.6. The number of hydrogen-bond donors (Lipinski definition) is 0. The lowest BCUT2D eigenvalue weighted by Gasteiger charge is -2.45. The summed E-state index contributed by atoms with van der Waals surface area (Å²) in [6.45, 7) is 5.56. The first-order chi connectivity index (χ1) is 16.1. The number of benzene rings is 2. The summed E-state index contributed by atoms with van der Waals surface area (Å²) in [4.78, 5) is 30.1. The molecule has 0 unspecified atom stereocenters. The number of ether oxygens (including phenoxy) is 4. The van der Waals surface area contributed by atoms with Gasteiger partial charge in [-0.05, 0) is 50.6 Å². The average Bonchev–Trinajstić information content (AvgIpc) is 2.83. The summed E-state index contributed by atoms with van der Waals surface area (Å²) in [7, 11) is 7.88. The number of hydrogen-bond acceptors (Lipinski definition) is 6. The monoisotopic (exact) mass is 468 g/mol. The molecule has 0 radical (unpaired) electrons. The van der Waals surface area contributed by atoms with E-state index < -0.39 is 5.54 Å². The van der Waals surface area contributed by atoms with Crippen LogP contribution in [0.5, 0.6) is 23.0 Å². The van der Waals surface area contributed by atoms with Gasteiger partial charge in [0, 0.05) is 18.2 Å². The molecule has 3 rings (SSSR count). The second-order valence-corrected chi connectivity index (χ2v) is 8.55. The van der Waals surface area contributed by atoms with Crippen LogP contribution in [0.2, 0.25) is 0 Å². The average molecular weight is 469 g/mol. The minimum absolute atomic E-state index is 0.187. The first-order valence-electron chi connectivity index (χ1n) is 10.8. The third-order valence-electron chi connectivity index (χ3n) is 6.30. The van der Waals surface area contributed by atoms with Gasteiger partial charge in [-0.1, -0.05) is 12.1 Å². The fourth-order valence-corrected chi connectivity index (χ4v) is 4.04. The van der Waals surface area contributed by atoms with E-state index in [1.807, 2.05) is 31.2 Å². The molecule has 8 heteroatoms. The highest BCUT2D eigenvalue weighted by atomic mass is 16.5. The van der Waals surface area contributed by atoms with Gasteiger partial charge < -0.3 is 28.7 Å². The van der Waals surface area contributed by atoms with Gasteiger partial charge >= 0.3 is 0 Å². The lowest BCUT2D eigenvalue weighted by atomic mass is 9.94. The number of carbonyl (C=O) groups excluding carboxylic acids is 2. The number of amides is 2. The van der Waals surface area contributed by atoms with Crippen molar-refractivity contribution >= 4 is 17.9 Å². The number of nitrogens with zero attached hydrogens (tertiary/aromatic N) is 2. The molecule has 34 heavy (non-hydrogen) atoms. The Bertz CT molecular complexity index is 1120. The molecule has 2 amide bonds. The van der Waals surface area contributed by atoms with Gasteiger partial charge in [-0.15, -0.1) is 0 Å². The Morgan fingerprint density at radius 1 is 0.912 bits per heavy atom. The maximum Gasteiger partial charge on any atom is 0.271 e. The van der Waals surface area contributed by atoms with Crippen LogP contribution in [-0.4, -0.2) is 62.6 Å². The van der Waals surface area contributed by atoms with Crippen LogP contribution >= 0.6 is 0 Å². The zero-order valence-electron chi connectivity index (χ0n) is 21.0. The zero-order valence-corrected chi connectivity index (χ0v) is 21.0. The minimum Gasteiger partial charge on any atom is -0.497 e. The van der Waals surface area contributed by atoms with E-state index >= 15 is 0 Å². The third-order valence-corrected chi connectivity index (χ3v) is 6.30. The van der Waals surface area contributed by atoms with Crippen molar-refractivity contribution in [3.8, 4) is 23.0 Å². The largest absolute Gasteiger partial charge is 0.497 e. The van der Waals surface area contributed by atoms with E-state index in [4.69, 9.17) is 18.9 Å². The maximum absolute atomic E-state index is 13.6. The Hall–Kier alpha value is -3.68. The second kappa shape index (κ2) is 9.67. The lowest BCUT2D eigenvalue weighted by Crippen LogP contribution is -2.62. The molecular formula is C26H32N2O6. The molecule has 0 aliphatic carbocycles. The number of carbonyl (C=O) groups is 2. The summed E-state index contributed by atoms with van der Waals surface area (Å²) >= 11 is 0. The molecule has 0 atom stereocenters. The number of methoxy groups -OCH3 is 4. The minimum atomic E-state index is -1.00. The Morgan fingerprint density at radius 3 is 2.06 bits per heavy atom. The summed E-state index contributed by atoms with van der Waals surface area (Å²) in [5, 5.41) is 0. The normalized spacial score (nSPS) is 16.6. The van der Waals surface area contributed by atoms with Gasteiger partial charge in [-0.2, -0.15) is 0 Å². The van der Waals surface area contributed by atoms with Crippen LogP contribution in [0.15, 0.2) is 36.0 Å². The van der Waals surface area contributed by atoms with Crippen molar-refractivity contribution in [1.82, 2.24) is 9.80 Å². The van der Waals surface area contributed by atoms with Crippen LogP contribution < -0.4 is 18.9 Å². The van der Waals surface area contributed by atoms with Gasteiger partial charge in [0.25, 0.3) is 11.8 Å². The Balaban J connectivity index is 2.18. The fourth-order valence-electron chi connectivity index (χ4n) is 4.04. The highest BCUT2D eigenvalue weighted by Gasteiger charge is 2.46. The van der Waals surface area contributed by atoms with Gasteiger partial charge in [0.1, 0.15) is 22.7 Å². The first-order valence-corrected chi connectivity index (χ1v) is 10.8. The molecule has 182 valence electrons. The molecule has 0 N–H and O–H groups in total. The quantitative estimate of drug-likeness (QED) is 0.578. The molecular weight excluding hydrogens is 436 g/mol. The standard InChI is InChI=1S/C26H32N2O6/c1-16-22(33-7)18(14-21(32-6)23(16)34-8)13-20-24(29)27(4)26(2,3)25(30)28(20)15-17-9-11-19(31-5)12-10-17/h9-14H,15H2,1-8H3/b20-13-. The van der Waals surface area contributed by atoms with Crippen molar-refractivity contribution in [2.45, 2.75) is 32.9 Å². The van der Waals surface area contributed by atoms with E-state index in [2.05, 4.69) is 0 Å². The summed E-state index contributed by atoms with van der Waals surface area (Å²) in [5.41, 5.74) is 1.43. The molecule has 8 nitrogen and oxygen atoms in total. The van der Waals surface area contributed by atoms with E-state index in [1.165, 1.54) is 9.80 Å². The van der Waals surface area contributed by atoms with Crippen LogP contribution in [0.4, 0.5) is 0 Å². The highest BCUT2D eigenvalue weighted by Crippen LogP contribution is 2.41. The van der Waals surface area contributed by atoms with Crippen LogP contribution in [0.1, 0.15) is 30.5 Å². The second-order valence-electron chi connectivity index (χ2n) is 8.55. The summed E-state index contributed by atoms with van der Waals surface area (Å²) < 4.78 is 21.9. The Labute approximate surface area is 200 Å². The van der Waals surface area contributed by atoms with Gasteiger partial charge in [0.05, 0.1) is 35.0 Å². The Kier molecular flexibility index (Phi) is 7.09. The van der Waals surface area contributed by atoms with Gasteiger partial charge in [0.2, 0.25) is 0 Å². The summed E-state index contributed by atoms with van der Waals surface area (Å²) in [6, 6.07) is 9.14. The van der Waals surface area contributed by atoms with Crippen LogP contribution in [0.25, 0.3) is 6.08 Å².